The van der Waals surface area contributed by atoms with Gasteiger partial charge in [0.25, 0.3) is 0 Å². The van der Waals surface area contributed by atoms with Crippen LogP contribution in [-0.4, -0.2) is 0 Å². The summed E-state index contributed by atoms with van der Waals surface area (Å²) in [6, 6.07) is 74.0. The van der Waals surface area contributed by atoms with Gasteiger partial charge < -0.3 is 4.90 Å². The number of rotatable bonds is 5. The second-order valence-electron chi connectivity index (χ2n) is 15.8. The van der Waals surface area contributed by atoms with Crippen LogP contribution in [0.4, 0.5) is 17.1 Å². The summed E-state index contributed by atoms with van der Waals surface area (Å²) in [5, 5.41) is 10.2. The first-order valence-electron chi connectivity index (χ1n) is 19.6. The summed E-state index contributed by atoms with van der Waals surface area (Å²) in [5.41, 5.74) is 13.5. The lowest BCUT2D eigenvalue weighted by atomic mass is 9.82. The number of nitrogens with zero attached hydrogens (tertiary/aromatic N) is 1. The van der Waals surface area contributed by atoms with Crippen molar-refractivity contribution in [2.75, 3.05) is 4.90 Å². The van der Waals surface area contributed by atoms with Crippen molar-refractivity contribution in [3.63, 3.8) is 0 Å². The van der Waals surface area contributed by atoms with Crippen LogP contribution in [0.5, 0.6) is 0 Å². The number of anilines is 3. The number of hydrogen-bond acceptors (Lipinski definition) is 1. The van der Waals surface area contributed by atoms with Crippen molar-refractivity contribution in [1.29, 1.82) is 0 Å². The molecular formula is C55H39N. The molecular weight excluding hydrogens is 675 g/mol. The van der Waals surface area contributed by atoms with Gasteiger partial charge in [0.15, 0.2) is 0 Å². The molecule has 0 N–H and O–H groups in total. The molecule has 0 radical (unpaired) electrons. The molecule has 0 heterocycles. The molecule has 0 saturated heterocycles. The lowest BCUT2D eigenvalue weighted by Gasteiger charge is -2.29. The maximum absolute atomic E-state index is 2.46. The van der Waals surface area contributed by atoms with Crippen LogP contribution < -0.4 is 4.90 Å². The van der Waals surface area contributed by atoms with E-state index >= 15 is 0 Å². The van der Waals surface area contributed by atoms with Gasteiger partial charge in [-0.2, -0.15) is 0 Å². The maximum atomic E-state index is 2.46. The van der Waals surface area contributed by atoms with Crippen LogP contribution >= 0.6 is 0 Å². The molecule has 1 aliphatic carbocycles. The lowest BCUT2D eigenvalue weighted by Crippen LogP contribution is -2.16. The van der Waals surface area contributed by atoms with E-state index in [9.17, 15) is 0 Å². The Balaban J connectivity index is 1.05. The quantitative estimate of drug-likeness (QED) is 0.161. The zero-order valence-corrected chi connectivity index (χ0v) is 31.5. The molecule has 0 aromatic heterocycles. The van der Waals surface area contributed by atoms with Crippen molar-refractivity contribution in [3.8, 4) is 33.4 Å². The Labute approximate surface area is 327 Å². The van der Waals surface area contributed by atoms with E-state index in [1.54, 1.807) is 0 Å². The monoisotopic (exact) mass is 713 g/mol. The molecule has 10 aromatic rings. The molecule has 0 saturated carbocycles. The van der Waals surface area contributed by atoms with Crippen molar-refractivity contribution >= 4 is 60.2 Å². The van der Waals surface area contributed by atoms with E-state index in [4.69, 9.17) is 0 Å². The highest BCUT2D eigenvalue weighted by atomic mass is 15.1. The van der Waals surface area contributed by atoms with E-state index < -0.39 is 0 Å². The third-order valence-electron chi connectivity index (χ3n) is 12.2. The summed E-state index contributed by atoms with van der Waals surface area (Å²) in [6.07, 6.45) is 0. The predicted molar refractivity (Wildman–Crippen MR) is 240 cm³/mol. The molecule has 56 heavy (non-hydrogen) atoms. The fraction of sp³-hybridized carbons (Fsp3) is 0.0545. The number of fused-ring (bicyclic) bond motifs is 9. The van der Waals surface area contributed by atoms with Crippen molar-refractivity contribution in [1.82, 2.24) is 0 Å². The number of benzene rings is 10. The molecule has 0 amide bonds. The van der Waals surface area contributed by atoms with E-state index in [2.05, 4.69) is 219 Å². The molecule has 0 aliphatic heterocycles. The summed E-state index contributed by atoms with van der Waals surface area (Å²) < 4.78 is 0. The van der Waals surface area contributed by atoms with Crippen LogP contribution in [0.15, 0.2) is 200 Å². The Morgan fingerprint density at radius 3 is 1.82 bits per heavy atom. The van der Waals surface area contributed by atoms with Gasteiger partial charge in [0, 0.05) is 22.4 Å². The van der Waals surface area contributed by atoms with Gasteiger partial charge in [-0.05, 0) is 124 Å². The molecule has 1 heteroatoms. The summed E-state index contributed by atoms with van der Waals surface area (Å²) in [6.45, 7) is 4.71. The van der Waals surface area contributed by atoms with Crippen molar-refractivity contribution in [3.05, 3.63) is 211 Å². The van der Waals surface area contributed by atoms with E-state index in [0.717, 1.165) is 11.4 Å². The van der Waals surface area contributed by atoms with Gasteiger partial charge in [0.2, 0.25) is 0 Å². The van der Waals surface area contributed by atoms with Crippen molar-refractivity contribution in [2.24, 2.45) is 0 Å². The van der Waals surface area contributed by atoms with Gasteiger partial charge in [-0.3, -0.25) is 0 Å². The zero-order chi connectivity index (χ0) is 37.4. The molecule has 264 valence electrons. The summed E-state index contributed by atoms with van der Waals surface area (Å²) in [7, 11) is 0. The highest BCUT2D eigenvalue weighted by Gasteiger charge is 2.37. The third-order valence-corrected chi connectivity index (χ3v) is 12.2. The molecule has 1 nitrogen and oxygen atoms in total. The van der Waals surface area contributed by atoms with Crippen LogP contribution in [0.1, 0.15) is 25.0 Å². The summed E-state index contributed by atoms with van der Waals surface area (Å²) >= 11 is 0. The van der Waals surface area contributed by atoms with Crippen LogP contribution in [-0.2, 0) is 5.41 Å². The third kappa shape index (κ3) is 5.08. The summed E-state index contributed by atoms with van der Waals surface area (Å²) in [4.78, 5) is 2.46. The zero-order valence-electron chi connectivity index (χ0n) is 31.5. The Bertz CT molecular complexity index is 3170. The Kier molecular flexibility index (Phi) is 7.28. The van der Waals surface area contributed by atoms with Crippen molar-refractivity contribution in [2.45, 2.75) is 19.3 Å². The molecule has 0 atom stereocenters. The first-order valence-corrected chi connectivity index (χ1v) is 19.6. The normalized spacial score (nSPS) is 13.0. The van der Waals surface area contributed by atoms with E-state index in [-0.39, 0.29) is 5.41 Å². The lowest BCUT2D eigenvalue weighted by molar-refractivity contribution is 0.660. The van der Waals surface area contributed by atoms with Crippen LogP contribution in [0.2, 0.25) is 0 Å². The number of hydrogen-bond donors (Lipinski definition) is 0. The van der Waals surface area contributed by atoms with E-state index in [1.807, 2.05) is 0 Å². The molecule has 1 aliphatic rings. The highest BCUT2D eigenvalue weighted by Crippen LogP contribution is 2.54. The van der Waals surface area contributed by atoms with Crippen LogP contribution in [0.25, 0.3) is 76.5 Å². The second-order valence-corrected chi connectivity index (χ2v) is 15.8. The Hall–Kier alpha value is -6.96. The predicted octanol–water partition coefficient (Wildman–Crippen LogP) is 15.4. The van der Waals surface area contributed by atoms with E-state index in [0.29, 0.717) is 0 Å². The fourth-order valence-corrected chi connectivity index (χ4v) is 9.36. The SMILES string of the molecule is CC1(C)c2ccccc2-c2c(N(c3ccc(-c4ccc5c(ccc6ccc7ccccc7c65)c4)cc3)c3cccc(-c4ccc5ccccc5c4)c3)cccc21. The van der Waals surface area contributed by atoms with Gasteiger partial charge in [0.1, 0.15) is 0 Å². The van der Waals surface area contributed by atoms with Gasteiger partial charge in [-0.25, -0.2) is 0 Å². The topological polar surface area (TPSA) is 3.24 Å². The minimum Gasteiger partial charge on any atom is -0.310 e. The summed E-state index contributed by atoms with van der Waals surface area (Å²) in [5.74, 6) is 0. The first kappa shape index (κ1) is 32.5. The molecule has 0 bridgehead atoms. The molecule has 0 spiro atoms. The van der Waals surface area contributed by atoms with Gasteiger partial charge in [0.05, 0.1) is 5.69 Å². The average molecular weight is 714 g/mol. The van der Waals surface area contributed by atoms with Gasteiger partial charge in [-0.1, -0.05) is 172 Å². The van der Waals surface area contributed by atoms with Gasteiger partial charge in [-0.15, -0.1) is 0 Å². The maximum Gasteiger partial charge on any atom is 0.0543 e. The van der Waals surface area contributed by atoms with Crippen molar-refractivity contribution < 1.29 is 0 Å². The fourth-order valence-electron chi connectivity index (χ4n) is 9.36. The second kappa shape index (κ2) is 12.5. The van der Waals surface area contributed by atoms with E-state index in [1.165, 1.54) is 93.3 Å². The average Bonchev–Trinajstić information content (AvgIpc) is 3.49. The smallest absolute Gasteiger partial charge is 0.0543 e. The minimum atomic E-state index is -0.0991. The first-order chi connectivity index (χ1) is 27.5. The molecule has 10 aromatic carbocycles. The Morgan fingerprint density at radius 2 is 0.946 bits per heavy atom. The Morgan fingerprint density at radius 1 is 0.357 bits per heavy atom. The van der Waals surface area contributed by atoms with Crippen LogP contribution in [0.3, 0.4) is 0 Å². The molecule has 0 fully saturated rings. The molecule has 11 rings (SSSR count). The standard InChI is InChI=1S/C55H39N/c1-55(2)50-18-8-7-17-49(50)54-51(55)19-10-20-52(54)56(46-15-9-14-41(35-46)43-25-21-36-11-3-4-13-40(36)33-43)45-30-27-37(28-31-45)42-29-32-48-44(34-42)26-24-39-23-22-38-12-5-6-16-47(38)53(39)48/h3-35H,1-2H3. The highest BCUT2D eigenvalue weighted by molar-refractivity contribution is 6.20. The minimum absolute atomic E-state index is 0.0991. The van der Waals surface area contributed by atoms with Gasteiger partial charge >= 0.3 is 0 Å². The largest absolute Gasteiger partial charge is 0.310 e. The molecule has 0 unspecified atom stereocenters. The van der Waals surface area contributed by atoms with Crippen LogP contribution in [0, 0.1) is 0 Å².